The molecular formula is C20H16N2O4. The third kappa shape index (κ3) is 3.90. The molecule has 0 aliphatic rings. The standard InChI is InChI=1S/C20H16N2O4/c1-13-18(19(20(23)24)22-26-13)11-6-14-2-7-16(8-3-14)25-17-9-4-15(12-21)5-10-17/h2-5,7-10H,6,11H2,1H3,(H,23,24). The maximum absolute atomic E-state index is 11.1. The van der Waals surface area contributed by atoms with Crippen LogP contribution in [0, 0.1) is 18.3 Å². The SMILES string of the molecule is Cc1onc(C(=O)O)c1CCc1ccc(Oc2ccc(C#N)cc2)cc1. The van der Waals surface area contributed by atoms with Crippen LogP contribution in [-0.2, 0) is 12.8 Å². The average molecular weight is 348 g/mol. The Morgan fingerprint density at radius 2 is 1.73 bits per heavy atom. The molecule has 26 heavy (non-hydrogen) atoms. The third-order valence-electron chi connectivity index (χ3n) is 3.99. The van der Waals surface area contributed by atoms with Crippen molar-refractivity contribution < 1.29 is 19.2 Å². The lowest BCUT2D eigenvalue weighted by Gasteiger charge is -2.07. The molecule has 0 aliphatic heterocycles. The second-order valence-electron chi connectivity index (χ2n) is 5.75. The summed E-state index contributed by atoms with van der Waals surface area (Å²) in [6.45, 7) is 1.71. The molecule has 1 aromatic heterocycles. The van der Waals surface area contributed by atoms with E-state index >= 15 is 0 Å². The van der Waals surface area contributed by atoms with Gasteiger partial charge < -0.3 is 14.4 Å². The Bertz CT molecular complexity index is 951. The van der Waals surface area contributed by atoms with Crippen LogP contribution in [0.4, 0.5) is 0 Å². The molecule has 1 N–H and O–H groups in total. The first kappa shape index (κ1) is 17.2. The monoisotopic (exact) mass is 348 g/mol. The zero-order valence-electron chi connectivity index (χ0n) is 14.1. The Kier molecular flexibility index (Phi) is 4.99. The summed E-state index contributed by atoms with van der Waals surface area (Å²) in [5, 5.41) is 21.5. The smallest absolute Gasteiger partial charge is 0.358 e. The molecule has 0 radical (unpaired) electrons. The van der Waals surface area contributed by atoms with Crippen LogP contribution in [0.3, 0.4) is 0 Å². The molecule has 0 spiro atoms. The highest BCUT2D eigenvalue weighted by Gasteiger charge is 2.18. The van der Waals surface area contributed by atoms with E-state index in [1.165, 1.54) is 0 Å². The van der Waals surface area contributed by atoms with Crippen LogP contribution in [-0.4, -0.2) is 16.2 Å². The molecule has 0 saturated carbocycles. The number of carboxylic acid groups (broad SMARTS) is 1. The number of hydrogen-bond acceptors (Lipinski definition) is 5. The predicted molar refractivity (Wildman–Crippen MR) is 93.3 cm³/mol. The normalized spacial score (nSPS) is 10.3. The number of carbonyl (C=O) groups is 1. The summed E-state index contributed by atoms with van der Waals surface area (Å²) >= 11 is 0. The highest BCUT2D eigenvalue weighted by atomic mass is 16.5. The van der Waals surface area contributed by atoms with E-state index in [0.717, 1.165) is 5.56 Å². The van der Waals surface area contributed by atoms with Gasteiger partial charge >= 0.3 is 5.97 Å². The molecule has 0 aliphatic carbocycles. The number of hydrogen-bond donors (Lipinski definition) is 1. The van der Waals surface area contributed by atoms with E-state index in [-0.39, 0.29) is 5.69 Å². The maximum atomic E-state index is 11.1. The minimum atomic E-state index is -1.08. The van der Waals surface area contributed by atoms with Gasteiger partial charge in [-0.1, -0.05) is 17.3 Å². The molecule has 0 fully saturated rings. The van der Waals surface area contributed by atoms with Crippen molar-refractivity contribution in [3.63, 3.8) is 0 Å². The van der Waals surface area contributed by atoms with Gasteiger partial charge in [0.15, 0.2) is 5.69 Å². The summed E-state index contributed by atoms with van der Waals surface area (Å²) in [5.74, 6) is 0.792. The first-order chi connectivity index (χ1) is 12.6. The van der Waals surface area contributed by atoms with E-state index in [1.807, 2.05) is 24.3 Å². The van der Waals surface area contributed by atoms with Crippen LogP contribution >= 0.6 is 0 Å². The van der Waals surface area contributed by atoms with Crippen molar-refractivity contribution in [1.82, 2.24) is 5.16 Å². The lowest BCUT2D eigenvalue weighted by atomic mass is 10.0. The van der Waals surface area contributed by atoms with Gasteiger partial charge in [0.05, 0.1) is 11.6 Å². The van der Waals surface area contributed by atoms with Gasteiger partial charge in [-0.3, -0.25) is 0 Å². The van der Waals surface area contributed by atoms with Crippen molar-refractivity contribution in [1.29, 1.82) is 5.26 Å². The van der Waals surface area contributed by atoms with Crippen LogP contribution in [0.1, 0.15) is 32.9 Å². The molecule has 1 heterocycles. The molecule has 6 heteroatoms. The van der Waals surface area contributed by atoms with E-state index in [2.05, 4.69) is 11.2 Å². The van der Waals surface area contributed by atoms with Crippen LogP contribution in [0.2, 0.25) is 0 Å². The van der Waals surface area contributed by atoms with E-state index < -0.39 is 5.97 Å². The van der Waals surface area contributed by atoms with Crippen molar-refractivity contribution in [2.45, 2.75) is 19.8 Å². The number of ether oxygens (including phenoxy) is 1. The van der Waals surface area contributed by atoms with E-state index in [9.17, 15) is 4.79 Å². The van der Waals surface area contributed by atoms with Gasteiger partial charge in [-0.2, -0.15) is 5.26 Å². The molecule has 3 rings (SSSR count). The molecule has 0 amide bonds. The fraction of sp³-hybridized carbons (Fsp3) is 0.150. The first-order valence-corrected chi connectivity index (χ1v) is 8.02. The summed E-state index contributed by atoms with van der Waals surface area (Å²) in [6, 6.07) is 16.5. The van der Waals surface area contributed by atoms with Crippen LogP contribution in [0.5, 0.6) is 11.5 Å². The Morgan fingerprint density at radius 3 is 2.31 bits per heavy atom. The molecule has 0 bridgehead atoms. The summed E-state index contributed by atoms with van der Waals surface area (Å²) < 4.78 is 10.7. The second-order valence-corrected chi connectivity index (χ2v) is 5.75. The van der Waals surface area contributed by atoms with Crippen molar-refractivity contribution in [3.8, 4) is 17.6 Å². The van der Waals surface area contributed by atoms with Crippen molar-refractivity contribution in [2.24, 2.45) is 0 Å². The van der Waals surface area contributed by atoms with Gasteiger partial charge in [-0.05, 0) is 61.7 Å². The van der Waals surface area contributed by atoms with Gasteiger partial charge in [0.25, 0.3) is 0 Å². The fourth-order valence-corrected chi connectivity index (χ4v) is 2.58. The highest BCUT2D eigenvalue weighted by molar-refractivity contribution is 5.87. The van der Waals surface area contributed by atoms with E-state index in [0.29, 0.717) is 41.2 Å². The van der Waals surface area contributed by atoms with Gasteiger partial charge in [0, 0.05) is 5.56 Å². The minimum Gasteiger partial charge on any atom is -0.476 e. The number of rotatable bonds is 6. The van der Waals surface area contributed by atoms with Gasteiger partial charge in [0.2, 0.25) is 0 Å². The predicted octanol–water partition coefficient (Wildman–Crippen LogP) is 4.13. The van der Waals surface area contributed by atoms with Gasteiger partial charge in [0.1, 0.15) is 17.3 Å². The van der Waals surface area contributed by atoms with Crippen molar-refractivity contribution >= 4 is 5.97 Å². The first-order valence-electron chi connectivity index (χ1n) is 8.02. The summed E-state index contributed by atoms with van der Waals surface area (Å²) in [6.07, 6.45) is 1.20. The van der Waals surface area contributed by atoms with Gasteiger partial charge in [-0.15, -0.1) is 0 Å². The average Bonchev–Trinajstić information content (AvgIpc) is 3.03. The van der Waals surface area contributed by atoms with Crippen LogP contribution in [0.25, 0.3) is 0 Å². The number of nitriles is 1. The Balaban J connectivity index is 1.64. The molecule has 2 aromatic carbocycles. The zero-order chi connectivity index (χ0) is 18.5. The largest absolute Gasteiger partial charge is 0.476 e. The Morgan fingerprint density at radius 1 is 1.12 bits per heavy atom. The number of aryl methyl sites for hydroxylation is 2. The molecule has 6 nitrogen and oxygen atoms in total. The lowest BCUT2D eigenvalue weighted by molar-refractivity contribution is 0.0684. The molecule has 3 aromatic rings. The fourth-order valence-electron chi connectivity index (χ4n) is 2.58. The van der Waals surface area contributed by atoms with E-state index in [4.69, 9.17) is 19.6 Å². The topological polar surface area (TPSA) is 96.3 Å². The molecular weight excluding hydrogens is 332 g/mol. The highest BCUT2D eigenvalue weighted by Crippen LogP contribution is 2.23. The van der Waals surface area contributed by atoms with Crippen LogP contribution in [0.15, 0.2) is 53.1 Å². The maximum Gasteiger partial charge on any atom is 0.358 e. The summed E-state index contributed by atoms with van der Waals surface area (Å²) in [5.41, 5.74) is 2.23. The minimum absolute atomic E-state index is 0.0248. The number of nitrogens with zero attached hydrogens (tertiary/aromatic N) is 2. The number of carboxylic acids is 1. The lowest BCUT2D eigenvalue weighted by Crippen LogP contribution is -2.03. The zero-order valence-corrected chi connectivity index (χ0v) is 14.1. The van der Waals surface area contributed by atoms with Gasteiger partial charge in [-0.25, -0.2) is 4.79 Å². The second kappa shape index (κ2) is 7.53. The Hall–Kier alpha value is -3.59. The third-order valence-corrected chi connectivity index (χ3v) is 3.99. The van der Waals surface area contributed by atoms with E-state index in [1.54, 1.807) is 31.2 Å². The summed E-state index contributed by atoms with van der Waals surface area (Å²) in [7, 11) is 0. The molecule has 0 unspecified atom stereocenters. The molecule has 0 atom stereocenters. The van der Waals surface area contributed by atoms with Crippen LogP contribution < -0.4 is 4.74 Å². The number of aromatic carboxylic acids is 1. The molecule has 0 saturated heterocycles. The Labute approximate surface area is 150 Å². The number of aromatic nitrogens is 1. The van der Waals surface area contributed by atoms with Crippen molar-refractivity contribution in [3.05, 3.63) is 76.7 Å². The summed E-state index contributed by atoms with van der Waals surface area (Å²) in [4.78, 5) is 11.1. The molecule has 130 valence electrons. The quantitative estimate of drug-likeness (QED) is 0.719. The van der Waals surface area contributed by atoms with Crippen molar-refractivity contribution in [2.75, 3.05) is 0 Å². The number of benzene rings is 2.